The molecule has 1 heterocycles. The number of aromatic nitrogens is 2. The molecule has 0 amide bonds. The van der Waals surface area contributed by atoms with E-state index >= 15 is 0 Å². The number of carbonyl (C=O) groups excluding carboxylic acids is 1. The van der Waals surface area contributed by atoms with Crippen molar-refractivity contribution in [3.63, 3.8) is 0 Å². The number of esters is 1. The van der Waals surface area contributed by atoms with Gasteiger partial charge in [-0.15, -0.1) is 0 Å². The molecule has 108 valence electrons. The Morgan fingerprint density at radius 1 is 1.43 bits per heavy atom. The van der Waals surface area contributed by atoms with E-state index in [0.29, 0.717) is 11.3 Å². The van der Waals surface area contributed by atoms with Crippen LogP contribution in [0.15, 0.2) is 40.4 Å². The third-order valence-electron chi connectivity index (χ3n) is 2.53. The molecule has 0 radical (unpaired) electrons. The molecule has 0 saturated carbocycles. The average molecular weight is 307 g/mol. The van der Waals surface area contributed by atoms with Gasteiger partial charge in [-0.2, -0.15) is 10.2 Å². The Hall–Kier alpha value is -2.67. The Kier molecular flexibility index (Phi) is 4.68. The smallest absolute Gasteiger partial charge is 0.337 e. The molecular formula is C13H11ClN4O3. The van der Waals surface area contributed by atoms with Crippen LogP contribution in [-0.4, -0.2) is 29.5 Å². The number of halogens is 1. The monoisotopic (exact) mass is 306 g/mol. The van der Waals surface area contributed by atoms with Crippen molar-refractivity contribution >= 4 is 29.5 Å². The summed E-state index contributed by atoms with van der Waals surface area (Å²) >= 11 is 5.78. The van der Waals surface area contributed by atoms with Crippen molar-refractivity contribution in [1.82, 2.24) is 10.2 Å². The van der Waals surface area contributed by atoms with E-state index < -0.39 is 11.5 Å². The van der Waals surface area contributed by atoms with Gasteiger partial charge in [0.1, 0.15) is 10.7 Å². The number of nitrogens with one attached hydrogen (secondary N) is 2. The summed E-state index contributed by atoms with van der Waals surface area (Å²) in [6.07, 6.45) is 2.86. The number of aromatic amines is 1. The van der Waals surface area contributed by atoms with Gasteiger partial charge < -0.3 is 4.74 Å². The molecule has 0 saturated heterocycles. The molecule has 0 atom stereocenters. The molecule has 0 fully saturated rings. The van der Waals surface area contributed by atoms with Crippen LogP contribution in [0, 0.1) is 0 Å². The number of methoxy groups -OCH3 is 1. The number of H-pyrrole nitrogens is 1. The van der Waals surface area contributed by atoms with Crippen LogP contribution < -0.4 is 11.0 Å². The van der Waals surface area contributed by atoms with Crippen molar-refractivity contribution in [2.45, 2.75) is 0 Å². The lowest BCUT2D eigenvalue weighted by atomic mass is 10.1. The van der Waals surface area contributed by atoms with Gasteiger partial charge in [0.05, 0.1) is 25.1 Å². The summed E-state index contributed by atoms with van der Waals surface area (Å²) < 4.78 is 4.60. The maximum absolute atomic E-state index is 11.3. The van der Waals surface area contributed by atoms with E-state index in [9.17, 15) is 9.59 Å². The molecule has 8 heteroatoms. The molecule has 0 aliphatic rings. The third kappa shape index (κ3) is 3.67. The maximum atomic E-state index is 11.3. The molecule has 2 N–H and O–H groups in total. The van der Waals surface area contributed by atoms with Crippen LogP contribution in [0.3, 0.4) is 0 Å². The summed E-state index contributed by atoms with van der Waals surface area (Å²) in [5.74, 6) is -0.405. The first-order valence-electron chi connectivity index (χ1n) is 5.82. The second-order valence-corrected chi connectivity index (χ2v) is 4.29. The van der Waals surface area contributed by atoms with E-state index in [1.807, 2.05) is 0 Å². The van der Waals surface area contributed by atoms with Crippen LogP contribution >= 0.6 is 11.6 Å². The summed E-state index contributed by atoms with van der Waals surface area (Å²) in [5.41, 5.74) is 3.61. The van der Waals surface area contributed by atoms with Crippen LogP contribution in [0.25, 0.3) is 0 Å². The minimum atomic E-state index is -0.501. The molecule has 0 aliphatic heterocycles. The van der Waals surface area contributed by atoms with E-state index in [1.54, 1.807) is 24.3 Å². The largest absolute Gasteiger partial charge is 0.465 e. The van der Waals surface area contributed by atoms with Crippen molar-refractivity contribution in [2.75, 3.05) is 12.5 Å². The second kappa shape index (κ2) is 6.67. The lowest BCUT2D eigenvalue weighted by molar-refractivity contribution is 0.0601. The van der Waals surface area contributed by atoms with Crippen molar-refractivity contribution in [1.29, 1.82) is 0 Å². The molecule has 0 spiro atoms. The molecule has 2 rings (SSSR count). The summed E-state index contributed by atoms with van der Waals surface area (Å²) in [7, 11) is 1.32. The summed E-state index contributed by atoms with van der Waals surface area (Å²) in [4.78, 5) is 22.5. The lowest BCUT2D eigenvalue weighted by Crippen LogP contribution is -2.10. The Morgan fingerprint density at radius 2 is 2.14 bits per heavy atom. The Balaban J connectivity index is 2.06. The first kappa shape index (κ1) is 14.7. The average Bonchev–Trinajstić information content (AvgIpc) is 2.51. The van der Waals surface area contributed by atoms with Crippen LogP contribution in [-0.2, 0) is 4.74 Å². The van der Waals surface area contributed by atoms with Gasteiger partial charge in [0.25, 0.3) is 5.56 Å². The molecule has 0 bridgehead atoms. The van der Waals surface area contributed by atoms with Crippen molar-refractivity contribution in [3.05, 3.63) is 57.0 Å². The quantitative estimate of drug-likeness (QED) is 0.508. The van der Waals surface area contributed by atoms with Gasteiger partial charge in [-0.3, -0.25) is 10.2 Å². The summed E-state index contributed by atoms with van der Waals surface area (Å²) in [6.45, 7) is 0. The van der Waals surface area contributed by atoms with Crippen molar-refractivity contribution < 1.29 is 9.53 Å². The molecule has 0 aliphatic carbocycles. The molecule has 21 heavy (non-hydrogen) atoms. The highest BCUT2D eigenvalue weighted by atomic mass is 35.5. The number of ether oxygens (including phenoxy) is 1. The number of nitrogens with zero attached hydrogens (tertiary/aromatic N) is 2. The topological polar surface area (TPSA) is 96.4 Å². The van der Waals surface area contributed by atoms with E-state index in [-0.39, 0.29) is 5.02 Å². The molecular weight excluding hydrogens is 296 g/mol. The molecule has 0 unspecified atom stereocenters. The maximum Gasteiger partial charge on any atom is 0.337 e. The van der Waals surface area contributed by atoms with E-state index in [1.165, 1.54) is 19.5 Å². The number of hydrogen-bond acceptors (Lipinski definition) is 6. The van der Waals surface area contributed by atoms with Gasteiger partial charge in [-0.25, -0.2) is 9.89 Å². The van der Waals surface area contributed by atoms with Crippen LogP contribution in [0.2, 0.25) is 5.02 Å². The summed E-state index contributed by atoms with van der Waals surface area (Å²) in [5, 5.41) is 9.71. The van der Waals surface area contributed by atoms with E-state index in [2.05, 4.69) is 25.5 Å². The fourth-order valence-electron chi connectivity index (χ4n) is 1.46. The Labute approximate surface area is 124 Å². The SMILES string of the molecule is COC(=O)c1ccc(/C=N/Nc2cn[nH]c(=O)c2Cl)cc1. The summed E-state index contributed by atoms with van der Waals surface area (Å²) in [6, 6.07) is 6.65. The highest BCUT2D eigenvalue weighted by molar-refractivity contribution is 6.32. The zero-order chi connectivity index (χ0) is 15.2. The molecule has 2 aromatic rings. The van der Waals surface area contributed by atoms with Gasteiger partial charge in [0.15, 0.2) is 0 Å². The number of benzene rings is 1. The van der Waals surface area contributed by atoms with Crippen LogP contribution in [0.1, 0.15) is 15.9 Å². The van der Waals surface area contributed by atoms with Gasteiger partial charge in [0.2, 0.25) is 0 Å². The first-order valence-corrected chi connectivity index (χ1v) is 6.20. The fraction of sp³-hybridized carbons (Fsp3) is 0.0769. The highest BCUT2D eigenvalue weighted by Gasteiger charge is 2.04. The van der Waals surface area contributed by atoms with E-state index in [4.69, 9.17) is 11.6 Å². The standard InChI is InChI=1S/C13H11ClN4O3/c1-21-13(20)9-4-2-8(3-5-9)6-15-17-10-7-16-18-12(19)11(10)14/h2-7H,1H3,(H2,17,18,19)/b15-6+. The molecule has 1 aromatic heterocycles. The lowest BCUT2D eigenvalue weighted by Gasteiger charge is -2.01. The van der Waals surface area contributed by atoms with Gasteiger partial charge >= 0.3 is 5.97 Å². The predicted octanol–water partition coefficient (Wildman–Crippen LogP) is 1.66. The van der Waals surface area contributed by atoms with Crippen LogP contribution in [0.5, 0.6) is 0 Å². The number of hydrogen-bond donors (Lipinski definition) is 2. The second-order valence-electron chi connectivity index (χ2n) is 3.91. The zero-order valence-corrected chi connectivity index (χ0v) is 11.7. The minimum Gasteiger partial charge on any atom is -0.465 e. The van der Waals surface area contributed by atoms with Gasteiger partial charge in [-0.1, -0.05) is 23.7 Å². The Bertz CT molecular complexity index is 725. The minimum absolute atomic E-state index is 0.0248. The molecule has 7 nitrogen and oxygen atoms in total. The van der Waals surface area contributed by atoms with Crippen molar-refractivity contribution in [2.24, 2.45) is 5.10 Å². The first-order chi connectivity index (χ1) is 10.1. The normalized spacial score (nSPS) is 10.6. The number of hydrazone groups is 1. The Morgan fingerprint density at radius 3 is 2.81 bits per heavy atom. The highest BCUT2D eigenvalue weighted by Crippen LogP contribution is 2.14. The predicted molar refractivity (Wildman–Crippen MR) is 78.9 cm³/mol. The van der Waals surface area contributed by atoms with Gasteiger partial charge in [-0.05, 0) is 17.7 Å². The third-order valence-corrected chi connectivity index (χ3v) is 2.90. The molecule has 1 aromatic carbocycles. The zero-order valence-electron chi connectivity index (χ0n) is 11.0. The number of carbonyl (C=O) groups is 1. The van der Waals surface area contributed by atoms with Crippen LogP contribution in [0.4, 0.5) is 5.69 Å². The fourth-order valence-corrected chi connectivity index (χ4v) is 1.59. The number of rotatable bonds is 4. The van der Waals surface area contributed by atoms with Crippen molar-refractivity contribution in [3.8, 4) is 0 Å². The van der Waals surface area contributed by atoms with Gasteiger partial charge in [0, 0.05) is 0 Å². The number of anilines is 1. The van der Waals surface area contributed by atoms with E-state index in [0.717, 1.165) is 5.56 Å².